The lowest BCUT2D eigenvalue weighted by Gasteiger charge is -2.19. The Morgan fingerprint density at radius 3 is 2.74 bits per heavy atom. The highest BCUT2D eigenvalue weighted by Gasteiger charge is 2.13. The second-order valence-corrected chi connectivity index (χ2v) is 6.40. The third kappa shape index (κ3) is 4.11. The van der Waals surface area contributed by atoms with Gasteiger partial charge in [-0.1, -0.05) is 0 Å². The second kappa shape index (κ2) is 5.79. The molecule has 0 spiro atoms. The summed E-state index contributed by atoms with van der Waals surface area (Å²) in [5, 5.41) is 11.6. The number of aromatic nitrogens is 3. The Bertz CT molecular complexity index is 527. The van der Waals surface area contributed by atoms with E-state index in [4.69, 9.17) is 4.42 Å². The first-order chi connectivity index (χ1) is 8.96. The molecule has 5 nitrogen and oxygen atoms in total. The van der Waals surface area contributed by atoms with Gasteiger partial charge in [0.1, 0.15) is 4.88 Å². The Labute approximate surface area is 117 Å². The molecule has 104 valence electrons. The fourth-order valence-electron chi connectivity index (χ4n) is 1.66. The highest BCUT2D eigenvalue weighted by molar-refractivity contribution is 7.13. The van der Waals surface area contributed by atoms with Crippen LogP contribution in [0, 0.1) is 6.92 Å². The van der Waals surface area contributed by atoms with Crippen LogP contribution in [-0.4, -0.2) is 27.3 Å². The molecule has 0 aliphatic carbocycles. The first-order valence-electron chi connectivity index (χ1n) is 6.43. The van der Waals surface area contributed by atoms with Crippen LogP contribution in [0.15, 0.2) is 9.93 Å². The SMILES string of the molecule is Cc1ncsc1-c1nnc(CCCNC(C)(C)C)o1. The van der Waals surface area contributed by atoms with Crippen LogP contribution in [0.2, 0.25) is 0 Å². The van der Waals surface area contributed by atoms with Gasteiger partial charge in [0.2, 0.25) is 5.89 Å². The molecule has 0 aliphatic rings. The Hall–Kier alpha value is -1.27. The van der Waals surface area contributed by atoms with E-state index in [0.29, 0.717) is 11.8 Å². The Morgan fingerprint density at radius 2 is 2.11 bits per heavy atom. The Balaban J connectivity index is 1.87. The number of aryl methyl sites for hydroxylation is 2. The average molecular weight is 280 g/mol. The Morgan fingerprint density at radius 1 is 1.32 bits per heavy atom. The molecule has 0 radical (unpaired) electrons. The zero-order valence-corrected chi connectivity index (χ0v) is 12.7. The molecule has 0 amide bonds. The summed E-state index contributed by atoms with van der Waals surface area (Å²) in [4.78, 5) is 5.15. The molecule has 2 aromatic heterocycles. The van der Waals surface area contributed by atoms with Gasteiger partial charge in [-0.15, -0.1) is 21.5 Å². The molecule has 6 heteroatoms. The Kier molecular flexibility index (Phi) is 4.31. The van der Waals surface area contributed by atoms with Crippen LogP contribution < -0.4 is 5.32 Å². The monoisotopic (exact) mass is 280 g/mol. The number of thiazole rings is 1. The normalized spacial score (nSPS) is 12.0. The summed E-state index contributed by atoms with van der Waals surface area (Å²) in [6, 6.07) is 0. The molecule has 2 rings (SSSR count). The molecule has 0 fully saturated rings. The highest BCUT2D eigenvalue weighted by Crippen LogP contribution is 2.25. The maximum Gasteiger partial charge on any atom is 0.259 e. The molecular weight excluding hydrogens is 260 g/mol. The summed E-state index contributed by atoms with van der Waals surface area (Å²) in [6.45, 7) is 9.36. The van der Waals surface area contributed by atoms with Gasteiger partial charge in [-0.2, -0.15) is 0 Å². The van der Waals surface area contributed by atoms with Gasteiger partial charge in [0, 0.05) is 12.0 Å². The number of nitrogens with zero attached hydrogens (tertiary/aromatic N) is 3. The molecule has 0 aromatic carbocycles. The fraction of sp³-hybridized carbons (Fsp3) is 0.615. The van der Waals surface area contributed by atoms with Gasteiger partial charge in [-0.3, -0.25) is 0 Å². The number of hydrogen-bond acceptors (Lipinski definition) is 6. The first kappa shape index (κ1) is 14.1. The largest absolute Gasteiger partial charge is 0.420 e. The van der Waals surface area contributed by atoms with E-state index in [1.807, 2.05) is 6.92 Å². The summed E-state index contributed by atoms with van der Waals surface area (Å²) in [6.07, 6.45) is 1.79. The van der Waals surface area contributed by atoms with Crippen molar-refractivity contribution in [3.63, 3.8) is 0 Å². The van der Waals surface area contributed by atoms with Gasteiger partial charge >= 0.3 is 0 Å². The van der Waals surface area contributed by atoms with Crippen LogP contribution in [-0.2, 0) is 6.42 Å². The number of rotatable bonds is 5. The van der Waals surface area contributed by atoms with Gasteiger partial charge < -0.3 is 9.73 Å². The van der Waals surface area contributed by atoms with Crippen molar-refractivity contribution in [2.75, 3.05) is 6.54 Å². The predicted molar refractivity (Wildman–Crippen MR) is 76.2 cm³/mol. The molecule has 2 heterocycles. The van der Waals surface area contributed by atoms with E-state index in [2.05, 4.69) is 41.3 Å². The van der Waals surface area contributed by atoms with Gasteiger partial charge in [0.05, 0.1) is 11.2 Å². The van der Waals surface area contributed by atoms with Crippen molar-refractivity contribution in [2.45, 2.75) is 46.1 Å². The van der Waals surface area contributed by atoms with Crippen LogP contribution in [0.4, 0.5) is 0 Å². The maximum atomic E-state index is 5.66. The molecule has 0 aliphatic heterocycles. The summed E-state index contributed by atoms with van der Waals surface area (Å²) in [5.41, 5.74) is 2.89. The van der Waals surface area contributed by atoms with Crippen molar-refractivity contribution in [1.29, 1.82) is 0 Å². The van der Waals surface area contributed by atoms with E-state index in [9.17, 15) is 0 Å². The van der Waals surface area contributed by atoms with E-state index >= 15 is 0 Å². The first-order valence-corrected chi connectivity index (χ1v) is 7.31. The van der Waals surface area contributed by atoms with E-state index in [-0.39, 0.29) is 5.54 Å². The molecule has 2 aromatic rings. The van der Waals surface area contributed by atoms with E-state index in [1.165, 1.54) is 11.3 Å². The maximum absolute atomic E-state index is 5.66. The quantitative estimate of drug-likeness (QED) is 0.853. The minimum Gasteiger partial charge on any atom is -0.420 e. The lowest BCUT2D eigenvalue weighted by molar-refractivity contribution is 0.413. The topological polar surface area (TPSA) is 63.8 Å². The van der Waals surface area contributed by atoms with Crippen molar-refractivity contribution in [3.8, 4) is 10.8 Å². The molecular formula is C13H20N4OS. The van der Waals surface area contributed by atoms with Crippen LogP contribution in [0.1, 0.15) is 38.8 Å². The van der Waals surface area contributed by atoms with Gasteiger partial charge in [-0.25, -0.2) is 4.98 Å². The van der Waals surface area contributed by atoms with Crippen molar-refractivity contribution >= 4 is 11.3 Å². The fourth-order valence-corrected chi connectivity index (χ4v) is 2.38. The van der Waals surface area contributed by atoms with Crippen LogP contribution >= 0.6 is 11.3 Å². The summed E-state index contributed by atoms with van der Waals surface area (Å²) in [7, 11) is 0. The van der Waals surface area contributed by atoms with E-state index in [0.717, 1.165) is 30.0 Å². The number of hydrogen-bond donors (Lipinski definition) is 1. The van der Waals surface area contributed by atoms with Crippen LogP contribution in [0.3, 0.4) is 0 Å². The van der Waals surface area contributed by atoms with E-state index < -0.39 is 0 Å². The molecule has 0 saturated heterocycles. The zero-order chi connectivity index (χ0) is 13.9. The summed E-state index contributed by atoms with van der Waals surface area (Å²) < 4.78 is 5.66. The van der Waals surface area contributed by atoms with Gasteiger partial charge in [0.25, 0.3) is 5.89 Å². The van der Waals surface area contributed by atoms with E-state index in [1.54, 1.807) is 5.51 Å². The molecule has 19 heavy (non-hydrogen) atoms. The van der Waals surface area contributed by atoms with Gasteiger partial charge in [-0.05, 0) is 40.7 Å². The highest BCUT2D eigenvalue weighted by atomic mass is 32.1. The van der Waals surface area contributed by atoms with Crippen LogP contribution in [0.25, 0.3) is 10.8 Å². The van der Waals surface area contributed by atoms with Crippen molar-refractivity contribution in [3.05, 3.63) is 17.1 Å². The third-order valence-corrected chi connectivity index (χ3v) is 3.55. The molecule has 0 atom stereocenters. The van der Waals surface area contributed by atoms with Crippen LogP contribution in [0.5, 0.6) is 0 Å². The lowest BCUT2D eigenvalue weighted by atomic mass is 10.1. The molecule has 0 bridgehead atoms. The van der Waals surface area contributed by atoms with Crippen molar-refractivity contribution < 1.29 is 4.42 Å². The third-order valence-electron chi connectivity index (χ3n) is 2.63. The van der Waals surface area contributed by atoms with Crippen molar-refractivity contribution in [1.82, 2.24) is 20.5 Å². The minimum absolute atomic E-state index is 0.153. The number of nitrogens with one attached hydrogen (secondary N) is 1. The molecule has 1 N–H and O–H groups in total. The molecule has 0 saturated carbocycles. The minimum atomic E-state index is 0.153. The molecule has 0 unspecified atom stereocenters. The summed E-state index contributed by atoms with van der Waals surface area (Å²) in [5.74, 6) is 1.28. The summed E-state index contributed by atoms with van der Waals surface area (Å²) >= 11 is 1.53. The predicted octanol–water partition coefficient (Wildman–Crippen LogP) is 2.82. The second-order valence-electron chi connectivity index (χ2n) is 5.55. The smallest absolute Gasteiger partial charge is 0.259 e. The standard InChI is InChI=1S/C13H20N4OS/c1-9-11(19-8-14-9)12-17-16-10(18-12)6-5-7-15-13(2,3)4/h8,15H,5-7H2,1-4H3. The lowest BCUT2D eigenvalue weighted by Crippen LogP contribution is -2.36. The van der Waals surface area contributed by atoms with Crippen molar-refractivity contribution in [2.24, 2.45) is 0 Å². The average Bonchev–Trinajstić information content (AvgIpc) is 2.91. The van der Waals surface area contributed by atoms with Gasteiger partial charge in [0.15, 0.2) is 0 Å². The zero-order valence-electron chi connectivity index (χ0n) is 11.9.